The van der Waals surface area contributed by atoms with E-state index in [4.69, 9.17) is 0 Å². The van der Waals surface area contributed by atoms with Gasteiger partial charge in [-0.05, 0) is 32.0 Å². The van der Waals surface area contributed by atoms with Gasteiger partial charge in [0.2, 0.25) is 0 Å². The Bertz CT molecular complexity index is 421. The van der Waals surface area contributed by atoms with Crippen LogP contribution in [0, 0.1) is 26.0 Å². The smallest absolute Gasteiger partial charge is 0.127 e. The van der Waals surface area contributed by atoms with Gasteiger partial charge >= 0.3 is 0 Å². The zero-order chi connectivity index (χ0) is 8.55. The van der Waals surface area contributed by atoms with Gasteiger partial charge in [0.1, 0.15) is 11.3 Å². The van der Waals surface area contributed by atoms with Crippen LogP contribution in [0.5, 0.6) is 0 Å². The van der Waals surface area contributed by atoms with E-state index < -0.39 is 0 Å². The van der Waals surface area contributed by atoms with Crippen LogP contribution >= 0.6 is 0 Å². The summed E-state index contributed by atoms with van der Waals surface area (Å²) in [6.45, 7) is 3.86. The Labute approximate surface area is 71.3 Å². The third kappa shape index (κ3) is 0.998. The standard InChI is InChI=1S/C10H8N2/c1-7-9-5-3-4-6-10(9)12-8(2)11-7/h3,5H,1-2H3. The molecule has 0 spiro atoms. The third-order valence-corrected chi connectivity index (χ3v) is 1.77. The van der Waals surface area contributed by atoms with Gasteiger partial charge in [-0.1, -0.05) is 6.07 Å². The van der Waals surface area contributed by atoms with E-state index in [2.05, 4.69) is 22.1 Å². The highest BCUT2D eigenvalue weighted by molar-refractivity contribution is 5.78. The van der Waals surface area contributed by atoms with E-state index >= 15 is 0 Å². The molecular formula is C10H8N2. The highest BCUT2D eigenvalue weighted by atomic mass is 14.9. The number of hydrogen-bond donors (Lipinski definition) is 0. The molecule has 0 radical (unpaired) electrons. The zero-order valence-corrected chi connectivity index (χ0v) is 7.05. The molecule has 0 saturated carbocycles. The molecule has 1 aromatic carbocycles. The van der Waals surface area contributed by atoms with E-state index in [1.54, 1.807) is 0 Å². The molecule has 12 heavy (non-hydrogen) atoms. The maximum Gasteiger partial charge on any atom is 0.127 e. The van der Waals surface area contributed by atoms with Crippen molar-refractivity contribution in [1.29, 1.82) is 0 Å². The normalized spacial score (nSPS) is 9.83. The first kappa shape index (κ1) is 7.05. The number of aryl methyl sites for hydroxylation is 2. The van der Waals surface area contributed by atoms with Crippen molar-refractivity contribution in [2.24, 2.45) is 0 Å². The van der Waals surface area contributed by atoms with Gasteiger partial charge < -0.3 is 0 Å². The Morgan fingerprint density at radius 1 is 1.25 bits per heavy atom. The molecule has 2 nitrogen and oxygen atoms in total. The minimum atomic E-state index is 0.788. The number of aromatic nitrogens is 2. The fraction of sp³-hybridized carbons (Fsp3) is 0.200. The predicted octanol–water partition coefficient (Wildman–Crippen LogP) is 1.85. The van der Waals surface area contributed by atoms with Gasteiger partial charge in [-0.3, -0.25) is 0 Å². The average Bonchev–Trinajstić information content (AvgIpc) is 2.04. The lowest BCUT2D eigenvalue weighted by Gasteiger charge is -1.98. The van der Waals surface area contributed by atoms with E-state index in [-0.39, 0.29) is 0 Å². The predicted molar refractivity (Wildman–Crippen MR) is 46.7 cm³/mol. The van der Waals surface area contributed by atoms with E-state index in [0.29, 0.717) is 0 Å². The topological polar surface area (TPSA) is 25.8 Å². The van der Waals surface area contributed by atoms with Gasteiger partial charge in [0.15, 0.2) is 0 Å². The second-order valence-electron chi connectivity index (χ2n) is 2.72. The van der Waals surface area contributed by atoms with Gasteiger partial charge in [0.05, 0.1) is 0 Å². The van der Waals surface area contributed by atoms with Crippen LogP contribution in [0.3, 0.4) is 0 Å². The van der Waals surface area contributed by atoms with Gasteiger partial charge in [0, 0.05) is 11.1 Å². The minimum absolute atomic E-state index is 0.788. The quantitative estimate of drug-likeness (QED) is 0.581. The van der Waals surface area contributed by atoms with Crippen molar-refractivity contribution in [2.75, 3.05) is 0 Å². The lowest BCUT2D eigenvalue weighted by molar-refractivity contribution is 1.05. The van der Waals surface area contributed by atoms with Crippen LogP contribution in [0.25, 0.3) is 10.9 Å². The van der Waals surface area contributed by atoms with Crippen LogP contribution in [0.2, 0.25) is 0 Å². The molecule has 0 atom stereocenters. The summed E-state index contributed by atoms with van der Waals surface area (Å²) in [7, 11) is 0. The maximum absolute atomic E-state index is 4.26. The van der Waals surface area contributed by atoms with Crippen molar-refractivity contribution < 1.29 is 0 Å². The largest absolute Gasteiger partial charge is 0.238 e. The van der Waals surface area contributed by atoms with Crippen LogP contribution < -0.4 is 0 Å². The molecule has 2 heteroatoms. The summed E-state index contributed by atoms with van der Waals surface area (Å²) in [6.07, 6.45) is 0. The summed E-state index contributed by atoms with van der Waals surface area (Å²) >= 11 is 0. The molecule has 1 heterocycles. The van der Waals surface area contributed by atoms with Crippen LogP contribution in [0.15, 0.2) is 12.1 Å². The monoisotopic (exact) mass is 156 g/mol. The first-order chi connectivity index (χ1) is 5.77. The van der Waals surface area contributed by atoms with Crippen molar-refractivity contribution in [3.05, 3.63) is 35.8 Å². The molecule has 0 unspecified atom stereocenters. The summed E-state index contributed by atoms with van der Waals surface area (Å²) in [6, 6.07) is 9.62. The van der Waals surface area contributed by atoms with E-state index in [1.165, 1.54) is 0 Å². The molecule has 0 aliphatic rings. The molecule has 0 fully saturated rings. The van der Waals surface area contributed by atoms with Crippen molar-refractivity contribution in [1.82, 2.24) is 9.97 Å². The maximum atomic E-state index is 4.26. The zero-order valence-electron chi connectivity index (χ0n) is 7.05. The number of hydrogen-bond acceptors (Lipinski definition) is 2. The van der Waals surface area contributed by atoms with Gasteiger partial charge in [-0.15, -0.1) is 0 Å². The molecule has 0 N–H and O–H groups in total. The van der Waals surface area contributed by atoms with Crippen LogP contribution in [0.1, 0.15) is 11.5 Å². The molecular weight excluding hydrogens is 148 g/mol. The first-order valence-corrected chi connectivity index (χ1v) is 3.81. The minimum Gasteiger partial charge on any atom is -0.238 e. The van der Waals surface area contributed by atoms with Crippen LogP contribution in [-0.2, 0) is 0 Å². The summed E-state index contributed by atoms with van der Waals surface area (Å²) in [5.74, 6) is 0.788. The van der Waals surface area contributed by atoms with E-state index in [9.17, 15) is 0 Å². The van der Waals surface area contributed by atoms with Crippen molar-refractivity contribution in [3.8, 4) is 0 Å². The Hall–Kier alpha value is -1.62. The molecule has 0 bridgehead atoms. The SMILES string of the molecule is Cc1nc(C)c2ccc#cc2n1. The summed E-state index contributed by atoms with van der Waals surface area (Å²) < 4.78 is 0. The highest BCUT2D eigenvalue weighted by Gasteiger charge is 1.98. The van der Waals surface area contributed by atoms with Crippen molar-refractivity contribution in [3.63, 3.8) is 0 Å². The fourth-order valence-electron chi connectivity index (χ4n) is 1.25. The summed E-state index contributed by atoms with van der Waals surface area (Å²) in [5, 5.41) is 1.05. The molecule has 1 aromatic heterocycles. The van der Waals surface area contributed by atoms with Crippen molar-refractivity contribution >= 4 is 10.9 Å². The van der Waals surface area contributed by atoms with Gasteiger partial charge in [-0.25, -0.2) is 9.97 Å². The second kappa shape index (κ2) is 2.46. The van der Waals surface area contributed by atoms with Crippen LogP contribution in [0.4, 0.5) is 0 Å². The average molecular weight is 156 g/mol. The molecule has 0 aliphatic carbocycles. The number of nitrogens with zero attached hydrogens (tertiary/aromatic N) is 2. The Morgan fingerprint density at radius 3 is 2.92 bits per heavy atom. The van der Waals surface area contributed by atoms with Crippen molar-refractivity contribution in [2.45, 2.75) is 13.8 Å². The second-order valence-corrected chi connectivity index (χ2v) is 2.72. The Kier molecular flexibility index (Phi) is 1.44. The number of fused-ring (bicyclic) bond motifs is 1. The van der Waals surface area contributed by atoms with Gasteiger partial charge in [-0.2, -0.15) is 0 Å². The molecule has 0 saturated heterocycles. The molecule has 0 aliphatic heterocycles. The van der Waals surface area contributed by atoms with E-state index in [0.717, 1.165) is 22.4 Å². The Morgan fingerprint density at radius 2 is 2.08 bits per heavy atom. The summed E-state index contributed by atoms with van der Waals surface area (Å²) in [5.41, 5.74) is 1.85. The molecule has 0 amide bonds. The fourth-order valence-corrected chi connectivity index (χ4v) is 1.25. The molecule has 2 rings (SSSR count). The first-order valence-electron chi connectivity index (χ1n) is 3.81. The van der Waals surface area contributed by atoms with Crippen LogP contribution in [-0.4, -0.2) is 9.97 Å². The molecule has 2 aromatic rings. The molecule has 58 valence electrons. The lowest BCUT2D eigenvalue weighted by Crippen LogP contribution is -1.91. The lowest BCUT2D eigenvalue weighted by atomic mass is 10.2. The number of rotatable bonds is 0. The van der Waals surface area contributed by atoms with Gasteiger partial charge in [0.25, 0.3) is 0 Å². The third-order valence-electron chi connectivity index (χ3n) is 1.77. The van der Waals surface area contributed by atoms with E-state index in [1.807, 2.05) is 26.0 Å². The Balaban J connectivity index is 2.89. The summed E-state index contributed by atoms with van der Waals surface area (Å²) in [4.78, 5) is 8.50. The highest BCUT2D eigenvalue weighted by Crippen LogP contribution is 2.11.